The summed E-state index contributed by atoms with van der Waals surface area (Å²) < 4.78 is 8.10. The highest BCUT2D eigenvalue weighted by Crippen LogP contribution is 2.39. The van der Waals surface area contributed by atoms with Crippen LogP contribution in [0, 0.1) is 5.41 Å². The van der Waals surface area contributed by atoms with Crippen LogP contribution in [0.25, 0.3) is 0 Å². The van der Waals surface area contributed by atoms with E-state index in [1.165, 1.54) is 5.56 Å². The van der Waals surface area contributed by atoms with Gasteiger partial charge in [0.05, 0.1) is 0 Å². The summed E-state index contributed by atoms with van der Waals surface area (Å²) in [6, 6.07) is 8.12. The van der Waals surface area contributed by atoms with Gasteiger partial charge in [-0.1, -0.05) is 18.2 Å². The van der Waals surface area contributed by atoms with Crippen LogP contribution in [0.15, 0.2) is 24.3 Å². The first-order valence-corrected chi connectivity index (χ1v) is 8.79. The normalized spacial score (nSPS) is 27.6. The molecule has 5 rings (SSSR count). The number of hydrogen-bond acceptors (Lipinski definition) is 5. The maximum absolute atomic E-state index is 11.6. The molecule has 1 amide bonds. The number of fused-ring (bicyclic) bond motifs is 1. The molecule has 2 unspecified atom stereocenters. The number of nitrogens with one attached hydrogen (secondary N) is 1. The number of anilines is 1. The summed E-state index contributed by atoms with van der Waals surface area (Å²) in [5, 5.41) is 11.8. The zero-order valence-corrected chi connectivity index (χ0v) is 14.2. The van der Waals surface area contributed by atoms with Gasteiger partial charge in [0.15, 0.2) is 11.9 Å². The highest BCUT2D eigenvalue weighted by molar-refractivity contribution is 5.79. The van der Waals surface area contributed by atoms with E-state index in [1.807, 2.05) is 29.8 Å². The van der Waals surface area contributed by atoms with Crippen LogP contribution < -0.4 is 15.0 Å². The van der Waals surface area contributed by atoms with Crippen LogP contribution in [0.5, 0.6) is 5.75 Å². The molecule has 0 radical (unpaired) electrons. The molecule has 2 saturated heterocycles. The molecule has 2 fully saturated rings. The molecule has 1 aromatic heterocycles. The minimum atomic E-state index is -0.0880. The van der Waals surface area contributed by atoms with Crippen LogP contribution in [-0.4, -0.2) is 40.3 Å². The van der Waals surface area contributed by atoms with Crippen molar-refractivity contribution in [1.82, 2.24) is 20.1 Å². The van der Waals surface area contributed by atoms with Crippen molar-refractivity contribution >= 4 is 11.9 Å². The van der Waals surface area contributed by atoms with E-state index in [0.717, 1.165) is 50.0 Å². The van der Waals surface area contributed by atoms with Gasteiger partial charge < -0.3 is 15.0 Å². The van der Waals surface area contributed by atoms with Gasteiger partial charge >= 0.3 is 0 Å². The third-order valence-corrected chi connectivity index (χ3v) is 5.74. The third-order valence-electron chi connectivity index (χ3n) is 5.74. The highest BCUT2D eigenvalue weighted by Gasteiger charge is 2.45. The van der Waals surface area contributed by atoms with Gasteiger partial charge in [-0.25, -0.2) is 0 Å². The Hall–Kier alpha value is -2.57. The van der Waals surface area contributed by atoms with Crippen molar-refractivity contribution in [2.75, 3.05) is 24.5 Å². The van der Waals surface area contributed by atoms with Crippen molar-refractivity contribution in [2.45, 2.75) is 25.4 Å². The van der Waals surface area contributed by atoms with Gasteiger partial charge in [0.1, 0.15) is 5.75 Å². The molecule has 3 aliphatic heterocycles. The summed E-state index contributed by atoms with van der Waals surface area (Å²) >= 11 is 0. The monoisotopic (exact) mass is 339 g/mol. The van der Waals surface area contributed by atoms with Gasteiger partial charge in [0.2, 0.25) is 11.9 Å². The van der Waals surface area contributed by atoms with Gasteiger partial charge in [-0.3, -0.25) is 9.36 Å². The smallest absolute Gasteiger partial charge is 0.227 e. The fraction of sp³-hybridized carbons (Fsp3) is 0.500. The topological polar surface area (TPSA) is 72.3 Å². The third kappa shape index (κ3) is 2.29. The van der Waals surface area contributed by atoms with Gasteiger partial charge in [0.25, 0.3) is 0 Å². The SMILES string of the molecule is Cn1c(C2Cc3ccccc3O2)nnc1N1CCC2(CNC(=O)C2)C1. The summed E-state index contributed by atoms with van der Waals surface area (Å²) in [4.78, 5) is 13.9. The molecule has 0 aliphatic carbocycles. The number of benzene rings is 1. The first-order valence-electron chi connectivity index (χ1n) is 8.79. The van der Waals surface area contributed by atoms with E-state index < -0.39 is 0 Å². The number of carbonyl (C=O) groups is 1. The quantitative estimate of drug-likeness (QED) is 0.890. The molecule has 1 spiro atoms. The number of carbonyl (C=O) groups excluding carboxylic acids is 1. The number of ether oxygens (including phenoxy) is 1. The molecule has 25 heavy (non-hydrogen) atoms. The van der Waals surface area contributed by atoms with E-state index in [4.69, 9.17) is 4.74 Å². The second kappa shape index (κ2) is 5.21. The summed E-state index contributed by atoms with van der Waals surface area (Å²) in [6.45, 7) is 2.53. The number of amides is 1. The van der Waals surface area contributed by atoms with Crippen LogP contribution in [0.4, 0.5) is 5.95 Å². The van der Waals surface area contributed by atoms with Crippen molar-refractivity contribution in [3.63, 3.8) is 0 Å². The number of rotatable bonds is 2. The molecule has 4 heterocycles. The fourth-order valence-electron chi connectivity index (χ4n) is 4.36. The van der Waals surface area contributed by atoms with E-state index in [0.29, 0.717) is 6.42 Å². The summed E-state index contributed by atoms with van der Waals surface area (Å²) in [6.07, 6.45) is 2.37. The Morgan fingerprint density at radius 1 is 1.32 bits per heavy atom. The Bertz CT molecular complexity index is 823. The lowest BCUT2D eigenvalue weighted by molar-refractivity contribution is -0.119. The molecular weight excluding hydrogens is 318 g/mol. The largest absolute Gasteiger partial charge is 0.482 e. The minimum Gasteiger partial charge on any atom is -0.482 e. The number of nitrogens with zero attached hydrogens (tertiary/aromatic N) is 4. The van der Waals surface area contributed by atoms with Gasteiger partial charge in [-0.15, -0.1) is 10.2 Å². The molecule has 130 valence electrons. The summed E-state index contributed by atoms with van der Waals surface area (Å²) in [7, 11) is 2.00. The predicted octanol–water partition coefficient (Wildman–Crippen LogP) is 1.21. The average Bonchev–Trinajstić information content (AvgIpc) is 3.35. The molecule has 2 aromatic rings. The van der Waals surface area contributed by atoms with Crippen molar-refractivity contribution in [3.05, 3.63) is 35.7 Å². The summed E-state index contributed by atoms with van der Waals surface area (Å²) in [5.74, 6) is 2.82. The van der Waals surface area contributed by atoms with E-state index >= 15 is 0 Å². The van der Waals surface area contributed by atoms with Crippen LogP contribution in [-0.2, 0) is 18.3 Å². The van der Waals surface area contributed by atoms with Crippen molar-refractivity contribution in [1.29, 1.82) is 0 Å². The maximum Gasteiger partial charge on any atom is 0.227 e. The zero-order chi connectivity index (χ0) is 17.0. The van der Waals surface area contributed by atoms with E-state index in [2.05, 4.69) is 26.5 Å². The Balaban J connectivity index is 1.37. The predicted molar refractivity (Wildman–Crippen MR) is 91.4 cm³/mol. The molecule has 0 saturated carbocycles. The zero-order valence-electron chi connectivity index (χ0n) is 14.2. The van der Waals surface area contributed by atoms with Crippen molar-refractivity contribution < 1.29 is 9.53 Å². The fourth-order valence-corrected chi connectivity index (χ4v) is 4.36. The molecular formula is C18H21N5O2. The van der Waals surface area contributed by atoms with Gasteiger partial charge in [-0.05, 0) is 18.1 Å². The Labute approximate surface area is 146 Å². The number of aromatic nitrogens is 3. The van der Waals surface area contributed by atoms with Crippen LogP contribution in [0.1, 0.15) is 30.3 Å². The summed E-state index contributed by atoms with van der Waals surface area (Å²) in [5.41, 5.74) is 1.27. The molecule has 1 aromatic carbocycles. The first-order chi connectivity index (χ1) is 12.1. The standard InChI is InChI=1S/C18H21N5O2/c1-22-16(14-8-12-4-2-3-5-13(12)25-14)20-21-17(22)23-7-6-18(11-23)9-15(24)19-10-18/h2-5,14H,6-11H2,1H3,(H,19,24). The average molecular weight is 339 g/mol. The molecule has 7 heteroatoms. The molecule has 0 bridgehead atoms. The second-order valence-corrected chi connectivity index (χ2v) is 7.46. The highest BCUT2D eigenvalue weighted by atomic mass is 16.5. The van der Waals surface area contributed by atoms with Gasteiger partial charge in [-0.2, -0.15) is 0 Å². The maximum atomic E-state index is 11.6. The van der Waals surface area contributed by atoms with Crippen LogP contribution in [0.2, 0.25) is 0 Å². The lowest BCUT2D eigenvalue weighted by Gasteiger charge is -2.22. The first kappa shape index (κ1) is 14.7. The Kier molecular flexibility index (Phi) is 3.07. The van der Waals surface area contributed by atoms with Crippen molar-refractivity contribution in [3.8, 4) is 5.75 Å². The van der Waals surface area contributed by atoms with E-state index in [1.54, 1.807) is 0 Å². The second-order valence-electron chi connectivity index (χ2n) is 7.46. The van der Waals surface area contributed by atoms with E-state index in [9.17, 15) is 4.79 Å². The Morgan fingerprint density at radius 3 is 3.00 bits per heavy atom. The van der Waals surface area contributed by atoms with Crippen molar-refractivity contribution in [2.24, 2.45) is 12.5 Å². The van der Waals surface area contributed by atoms with Crippen LogP contribution >= 0.6 is 0 Å². The molecule has 1 N–H and O–H groups in total. The Morgan fingerprint density at radius 2 is 2.20 bits per heavy atom. The molecule has 3 aliphatic rings. The molecule has 2 atom stereocenters. The molecule has 7 nitrogen and oxygen atoms in total. The number of hydrogen-bond donors (Lipinski definition) is 1. The lowest BCUT2D eigenvalue weighted by Crippen LogP contribution is -2.30. The van der Waals surface area contributed by atoms with Crippen LogP contribution in [0.3, 0.4) is 0 Å². The van der Waals surface area contributed by atoms with Gasteiger partial charge in [0, 0.05) is 44.9 Å². The number of para-hydroxylation sites is 1. The lowest BCUT2D eigenvalue weighted by atomic mass is 9.86. The minimum absolute atomic E-state index is 0.0588. The van der Waals surface area contributed by atoms with E-state index in [-0.39, 0.29) is 17.4 Å².